The van der Waals surface area contributed by atoms with Crippen LogP contribution in [-0.2, 0) is 17.8 Å². The number of carbonyl (C=O) groups is 1. The molecule has 124 valence electrons. The maximum absolute atomic E-state index is 11.7. The van der Waals surface area contributed by atoms with E-state index in [9.17, 15) is 4.79 Å². The van der Waals surface area contributed by atoms with Gasteiger partial charge in [0.25, 0.3) is 0 Å². The largest absolute Gasteiger partial charge is 0.316 e. The molecule has 2 aromatic rings. The molecule has 2 heterocycles. The molecule has 0 saturated heterocycles. The smallest absolute Gasteiger partial charge is 0.228 e. The summed E-state index contributed by atoms with van der Waals surface area (Å²) < 4.78 is 1.91. The zero-order valence-corrected chi connectivity index (χ0v) is 14.1. The number of anilines is 1. The first kappa shape index (κ1) is 17.1. The molecule has 2 rings (SSSR count). The molecule has 0 spiro atoms. The van der Waals surface area contributed by atoms with Crippen molar-refractivity contribution >= 4 is 11.7 Å². The van der Waals surface area contributed by atoms with Crippen LogP contribution >= 0.6 is 0 Å². The number of aromatic nitrogens is 4. The van der Waals surface area contributed by atoms with E-state index in [0.29, 0.717) is 18.1 Å². The molecular formula is C16H24N6O. The summed E-state index contributed by atoms with van der Waals surface area (Å²) in [6.45, 7) is 6.55. The SMILES string of the molecule is CNCc1cnn(C(C)Cc2nccc(NC(=O)C(C)C)n2)c1. The van der Waals surface area contributed by atoms with E-state index in [-0.39, 0.29) is 17.9 Å². The third-order valence-corrected chi connectivity index (χ3v) is 3.45. The Labute approximate surface area is 136 Å². The molecule has 0 aliphatic heterocycles. The molecule has 23 heavy (non-hydrogen) atoms. The summed E-state index contributed by atoms with van der Waals surface area (Å²) in [5.74, 6) is 1.09. The van der Waals surface area contributed by atoms with Crippen molar-refractivity contribution in [3.8, 4) is 0 Å². The van der Waals surface area contributed by atoms with Gasteiger partial charge in [0.1, 0.15) is 11.6 Å². The van der Waals surface area contributed by atoms with Gasteiger partial charge in [-0.3, -0.25) is 9.48 Å². The van der Waals surface area contributed by atoms with Crippen LogP contribution in [0.25, 0.3) is 0 Å². The molecule has 2 N–H and O–H groups in total. The van der Waals surface area contributed by atoms with Crippen molar-refractivity contribution in [3.05, 3.63) is 36.0 Å². The monoisotopic (exact) mass is 316 g/mol. The summed E-state index contributed by atoms with van der Waals surface area (Å²) in [6.07, 6.45) is 6.19. The minimum absolute atomic E-state index is 0.0496. The Balaban J connectivity index is 2.02. The molecule has 7 heteroatoms. The zero-order chi connectivity index (χ0) is 16.8. The molecule has 0 aliphatic carbocycles. The lowest BCUT2D eigenvalue weighted by atomic mass is 10.2. The lowest BCUT2D eigenvalue weighted by Gasteiger charge is -2.12. The van der Waals surface area contributed by atoms with Crippen LogP contribution in [0.4, 0.5) is 5.82 Å². The first-order valence-electron chi connectivity index (χ1n) is 7.80. The summed E-state index contributed by atoms with van der Waals surface area (Å²) in [6, 6.07) is 1.84. The molecular weight excluding hydrogens is 292 g/mol. The van der Waals surface area contributed by atoms with Gasteiger partial charge in [0.2, 0.25) is 5.91 Å². The second-order valence-corrected chi connectivity index (χ2v) is 5.91. The number of nitrogens with zero attached hydrogens (tertiary/aromatic N) is 4. The quantitative estimate of drug-likeness (QED) is 0.813. The summed E-state index contributed by atoms with van der Waals surface area (Å²) in [5.41, 5.74) is 1.14. The van der Waals surface area contributed by atoms with Crippen molar-refractivity contribution in [2.24, 2.45) is 5.92 Å². The van der Waals surface area contributed by atoms with Gasteiger partial charge in [0.15, 0.2) is 0 Å². The predicted molar refractivity (Wildman–Crippen MR) is 88.9 cm³/mol. The van der Waals surface area contributed by atoms with Crippen molar-refractivity contribution in [1.29, 1.82) is 0 Å². The van der Waals surface area contributed by atoms with E-state index in [1.165, 1.54) is 0 Å². The Bertz CT molecular complexity index is 652. The molecule has 0 bridgehead atoms. The van der Waals surface area contributed by atoms with Gasteiger partial charge in [-0.25, -0.2) is 9.97 Å². The van der Waals surface area contributed by atoms with E-state index in [4.69, 9.17) is 0 Å². The minimum Gasteiger partial charge on any atom is -0.316 e. The van der Waals surface area contributed by atoms with Gasteiger partial charge >= 0.3 is 0 Å². The van der Waals surface area contributed by atoms with Crippen molar-refractivity contribution < 1.29 is 4.79 Å². The number of amides is 1. The van der Waals surface area contributed by atoms with E-state index in [1.54, 1.807) is 12.3 Å². The normalized spacial score (nSPS) is 12.4. The van der Waals surface area contributed by atoms with Crippen LogP contribution in [0.5, 0.6) is 0 Å². The first-order valence-corrected chi connectivity index (χ1v) is 7.80. The fourth-order valence-corrected chi connectivity index (χ4v) is 2.11. The summed E-state index contributed by atoms with van der Waals surface area (Å²) in [7, 11) is 1.91. The highest BCUT2D eigenvalue weighted by Gasteiger charge is 2.12. The van der Waals surface area contributed by atoms with E-state index in [2.05, 4.69) is 32.6 Å². The van der Waals surface area contributed by atoms with E-state index in [1.807, 2.05) is 38.0 Å². The Morgan fingerprint density at radius 3 is 2.83 bits per heavy atom. The predicted octanol–water partition coefficient (Wildman–Crippen LogP) is 1.79. The molecule has 0 radical (unpaired) electrons. The molecule has 1 unspecified atom stereocenters. The van der Waals surface area contributed by atoms with Crippen LogP contribution in [-0.4, -0.2) is 32.7 Å². The Hall–Kier alpha value is -2.28. The molecule has 0 fully saturated rings. The van der Waals surface area contributed by atoms with Crippen LogP contribution in [0.2, 0.25) is 0 Å². The second kappa shape index (κ2) is 7.82. The maximum atomic E-state index is 11.7. The highest BCUT2D eigenvalue weighted by atomic mass is 16.1. The highest BCUT2D eigenvalue weighted by Crippen LogP contribution is 2.13. The van der Waals surface area contributed by atoms with Gasteiger partial charge in [-0.1, -0.05) is 13.8 Å². The minimum atomic E-state index is -0.0815. The lowest BCUT2D eigenvalue weighted by Crippen LogP contribution is -2.19. The van der Waals surface area contributed by atoms with Crippen molar-refractivity contribution in [2.45, 2.75) is 39.8 Å². The Morgan fingerprint density at radius 1 is 1.35 bits per heavy atom. The van der Waals surface area contributed by atoms with Crippen LogP contribution in [0.1, 0.15) is 38.2 Å². The number of nitrogens with one attached hydrogen (secondary N) is 2. The summed E-state index contributed by atoms with van der Waals surface area (Å²) >= 11 is 0. The van der Waals surface area contributed by atoms with Crippen LogP contribution in [0.3, 0.4) is 0 Å². The molecule has 1 amide bonds. The summed E-state index contributed by atoms with van der Waals surface area (Å²) in [5, 5.41) is 10.3. The van der Waals surface area contributed by atoms with Crippen molar-refractivity contribution in [2.75, 3.05) is 12.4 Å². The van der Waals surface area contributed by atoms with E-state index in [0.717, 1.165) is 12.1 Å². The number of hydrogen-bond acceptors (Lipinski definition) is 5. The fourth-order valence-electron chi connectivity index (χ4n) is 2.11. The van der Waals surface area contributed by atoms with Crippen LogP contribution < -0.4 is 10.6 Å². The Morgan fingerprint density at radius 2 is 2.13 bits per heavy atom. The standard InChI is InChI=1S/C16H24N6O/c1-11(2)16(23)21-14-5-6-18-15(20-14)7-12(3)22-10-13(8-17-4)9-19-22/h5-6,9-12,17H,7-8H2,1-4H3,(H,18,20,21,23). The third-order valence-electron chi connectivity index (χ3n) is 3.45. The van der Waals surface area contributed by atoms with E-state index >= 15 is 0 Å². The maximum Gasteiger partial charge on any atom is 0.228 e. The highest BCUT2D eigenvalue weighted by molar-refractivity contribution is 5.91. The molecule has 0 aliphatic rings. The van der Waals surface area contributed by atoms with Gasteiger partial charge in [-0.2, -0.15) is 5.10 Å². The molecule has 1 atom stereocenters. The first-order chi connectivity index (χ1) is 11.0. The molecule has 0 saturated carbocycles. The van der Waals surface area contributed by atoms with Gasteiger partial charge in [0.05, 0.1) is 12.2 Å². The zero-order valence-electron chi connectivity index (χ0n) is 14.1. The third kappa shape index (κ3) is 4.85. The lowest BCUT2D eigenvalue weighted by molar-refractivity contribution is -0.118. The fraction of sp³-hybridized carbons (Fsp3) is 0.500. The number of carbonyl (C=O) groups excluding carboxylic acids is 1. The molecule has 2 aromatic heterocycles. The van der Waals surface area contributed by atoms with Crippen molar-refractivity contribution in [3.63, 3.8) is 0 Å². The van der Waals surface area contributed by atoms with E-state index < -0.39 is 0 Å². The molecule has 7 nitrogen and oxygen atoms in total. The average molecular weight is 316 g/mol. The van der Waals surface area contributed by atoms with Gasteiger partial charge in [-0.05, 0) is 20.0 Å². The van der Waals surface area contributed by atoms with Crippen LogP contribution in [0, 0.1) is 5.92 Å². The summed E-state index contributed by atoms with van der Waals surface area (Å²) in [4.78, 5) is 20.4. The Kier molecular flexibility index (Phi) is 5.81. The number of hydrogen-bond donors (Lipinski definition) is 2. The van der Waals surface area contributed by atoms with Crippen molar-refractivity contribution in [1.82, 2.24) is 25.1 Å². The van der Waals surface area contributed by atoms with Gasteiger partial charge in [0, 0.05) is 36.8 Å². The van der Waals surface area contributed by atoms with Crippen LogP contribution in [0.15, 0.2) is 24.7 Å². The van der Waals surface area contributed by atoms with Gasteiger partial charge < -0.3 is 10.6 Å². The molecule has 0 aromatic carbocycles. The van der Waals surface area contributed by atoms with Gasteiger partial charge in [-0.15, -0.1) is 0 Å². The average Bonchev–Trinajstić information content (AvgIpc) is 2.96. The second-order valence-electron chi connectivity index (χ2n) is 5.91. The number of rotatable bonds is 7. The topological polar surface area (TPSA) is 84.7 Å².